The van der Waals surface area contributed by atoms with Crippen LogP contribution in [-0.4, -0.2) is 13.7 Å². The van der Waals surface area contributed by atoms with Crippen LogP contribution in [0.4, 0.5) is 0 Å². The maximum Gasteiger partial charge on any atom is 0.188 e. The average Bonchev–Trinajstić information content (AvgIpc) is 2.51. The summed E-state index contributed by atoms with van der Waals surface area (Å²) < 4.78 is 6.29. The molecule has 0 bridgehead atoms. The second kappa shape index (κ2) is 5.32. The Balaban J connectivity index is 1.77. The molecule has 1 aliphatic rings. The Labute approximate surface area is 103 Å². The van der Waals surface area contributed by atoms with Gasteiger partial charge < -0.3 is 10.1 Å². The minimum Gasteiger partial charge on any atom is -0.486 e. The highest BCUT2D eigenvalue weighted by atomic mass is 79.9. The summed E-state index contributed by atoms with van der Waals surface area (Å²) in [5, 5.41) is 4.47. The van der Waals surface area contributed by atoms with Crippen LogP contribution in [0, 0.1) is 5.92 Å². The van der Waals surface area contributed by atoms with Crippen molar-refractivity contribution in [3.63, 3.8) is 0 Å². The van der Waals surface area contributed by atoms with Crippen LogP contribution < -0.4 is 10.1 Å². The maximum atomic E-state index is 5.23. The quantitative estimate of drug-likeness (QED) is 0.897. The van der Waals surface area contributed by atoms with Gasteiger partial charge in [-0.05, 0) is 47.3 Å². The predicted molar refractivity (Wildman–Crippen MR) is 67.6 cm³/mol. The third-order valence-corrected chi connectivity index (χ3v) is 4.80. The minimum atomic E-state index is 0.926. The van der Waals surface area contributed by atoms with E-state index in [-0.39, 0.29) is 0 Å². The SMILES string of the molecule is COc1sc(CNCC2CCC2)cc1Br. The minimum absolute atomic E-state index is 0.926. The van der Waals surface area contributed by atoms with E-state index in [0.717, 1.165) is 28.5 Å². The largest absolute Gasteiger partial charge is 0.486 e. The third kappa shape index (κ3) is 2.95. The Morgan fingerprint density at radius 1 is 1.60 bits per heavy atom. The molecule has 0 aromatic carbocycles. The van der Waals surface area contributed by atoms with Gasteiger partial charge in [-0.25, -0.2) is 0 Å². The Hall–Kier alpha value is -0.0600. The van der Waals surface area contributed by atoms with E-state index in [4.69, 9.17) is 4.74 Å². The summed E-state index contributed by atoms with van der Waals surface area (Å²) >= 11 is 5.19. The zero-order valence-electron chi connectivity index (χ0n) is 8.88. The maximum absolute atomic E-state index is 5.23. The molecule has 4 heteroatoms. The van der Waals surface area contributed by atoms with Crippen molar-refractivity contribution in [3.8, 4) is 5.06 Å². The van der Waals surface area contributed by atoms with Gasteiger partial charge in [0, 0.05) is 11.4 Å². The van der Waals surface area contributed by atoms with Crippen molar-refractivity contribution in [2.75, 3.05) is 13.7 Å². The van der Waals surface area contributed by atoms with E-state index in [1.165, 1.54) is 24.1 Å². The van der Waals surface area contributed by atoms with Crippen molar-refractivity contribution in [1.82, 2.24) is 5.32 Å². The van der Waals surface area contributed by atoms with Crippen molar-refractivity contribution >= 4 is 27.3 Å². The van der Waals surface area contributed by atoms with Gasteiger partial charge in [-0.2, -0.15) is 0 Å². The van der Waals surface area contributed by atoms with Crippen LogP contribution >= 0.6 is 27.3 Å². The Morgan fingerprint density at radius 3 is 2.93 bits per heavy atom. The molecule has 2 nitrogen and oxygen atoms in total. The Kier molecular flexibility index (Phi) is 4.05. The third-order valence-electron chi connectivity index (χ3n) is 2.85. The van der Waals surface area contributed by atoms with E-state index in [2.05, 4.69) is 27.3 Å². The van der Waals surface area contributed by atoms with E-state index in [1.807, 2.05) is 0 Å². The summed E-state index contributed by atoms with van der Waals surface area (Å²) in [5.74, 6) is 0.926. The van der Waals surface area contributed by atoms with Crippen LogP contribution in [0.1, 0.15) is 24.1 Å². The number of thiophene rings is 1. The highest BCUT2D eigenvalue weighted by Crippen LogP contribution is 2.34. The van der Waals surface area contributed by atoms with Crippen LogP contribution in [0.2, 0.25) is 0 Å². The number of ether oxygens (including phenoxy) is 1. The van der Waals surface area contributed by atoms with E-state index in [0.29, 0.717) is 0 Å². The molecule has 2 rings (SSSR count). The first kappa shape index (κ1) is 11.4. The van der Waals surface area contributed by atoms with Crippen LogP contribution in [0.3, 0.4) is 0 Å². The molecular weight excluding hydrogens is 274 g/mol. The Bertz CT molecular complexity index is 322. The monoisotopic (exact) mass is 289 g/mol. The topological polar surface area (TPSA) is 21.3 Å². The van der Waals surface area contributed by atoms with Gasteiger partial charge in [-0.1, -0.05) is 6.42 Å². The highest BCUT2D eigenvalue weighted by Gasteiger charge is 2.16. The predicted octanol–water partition coefficient (Wildman–Crippen LogP) is 3.41. The van der Waals surface area contributed by atoms with E-state index in [9.17, 15) is 0 Å². The van der Waals surface area contributed by atoms with Crippen molar-refractivity contribution < 1.29 is 4.74 Å². The van der Waals surface area contributed by atoms with Crippen LogP contribution in [-0.2, 0) is 6.54 Å². The molecule has 1 heterocycles. The lowest BCUT2D eigenvalue weighted by molar-refractivity contribution is 0.301. The molecule has 0 saturated heterocycles. The lowest BCUT2D eigenvalue weighted by Crippen LogP contribution is -2.26. The summed E-state index contributed by atoms with van der Waals surface area (Å²) in [6, 6.07) is 2.14. The number of hydrogen-bond donors (Lipinski definition) is 1. The first-order valence-corrected chi connectivity index (χ1v) is 6.93. The first-order chi connectivity index (χ1) is 7.29. The summed E-state index contributed by atoms with van der Waals surface area (Å²) in [5.41, 5.74) is 0. The van der Waals surface area contributed by atoms with Crippen molar-refractivity contribution in [2.45, 2.75) is 25.8 Å². The van der Waals surface area contributed by atoms with E-state index in [1.54, 1.807) is 18.4 Å². The summed E-state index contributed by atoms with van der Waals surface area (Å²) in [4.78, 5) is 1.33. The molecule has 1 saturated carbocycles. The standard InChI is InChI=1S/C11H16BrNOS/c1-14-11-10(12)5-9(15-11)7-13-6-8-3-2-4-8/h5,8,13H,2-4,6-7H2,1H3. The van der Waals surface area contributed by atoms with Crippen molar-refractivity contribution in [1.29, 1.82) is 0 Å². The molecule has 1 aliphatic carbocycles. The second-order valence-electron chi connectivity index (χ2n) is 3.98. The number of nitrogens with one attached hydrogen (secondary N) is 1. The van der Waals surface area contributed by atoms with Gasteiger partial charge in [0.2, 0.25) is 0 Å². The molecule has 1 aromatic heterocycles. The van der Waals surface area contributed by atoms with Gasteiger partial charge in [0.25, 0.3) is 0 Å². The summed E-state index contributed by atoms with van der Waals surface area (Å²) in [7, 11) is 1.71. The summed E-state index contributed by atoms with van der Waals surface area (Å²) in [6.45, 7) is 2.13. The lowest BCUT2D eigenvalue weighted by atomic mass is 9.85. The zero-order chi connectivity index (χ0) is 10.7. The molecule has 1 fully saturated rings. The molecular formula is C11H16BrNOS. The average molecular weight is 290 g/mol. The smallest absolute Gasteiger partial charge is 0.188 e. The number of halogens is 1. The zero-order valence-corrected chi connectivity index (χ0v) is 11.3. The lowest BCUT2D eigenvalue weighted by Gasteiger charge is -2.25. The normalized spacial score (nSPS) is 16.4. The van der Waals surface area contributed by atoms with Crippen LogP contribution in [0.15, 0.2) is 10.5 Å². The molecule has 15 heavy (non-hydrogen) atoms. The fourth-order valence-corrected chi connectivity index (χ4v) is 3.38. The van der Waals surface area contributed by atoms with E-state index >= 15 is 0 Å². The molecule has 0 unspecified atom stereocenters. The van der Waals surface area contributed by atoms with Gasteiger partial charge >= 0.3 is 0 Å². The van der Waals surface area contributed by atoms with Gasteiger partial charge in [0.15, 0.2) is 5.06 Å². The highest BCUT2D eigenvalue weighted by molar-refractivity contribution is 9.10. The molecule has 1 aromatic rings. The molecule has 84 valence electrons. The van der Waals surface area contributed by atoms with Crippen molar-refractivity contribution in [2.24, 2.45) is 5.92 Å². The fourth-order valence-electron chi connectivity index (χ4n) is 1.72. The van der Waals surface area contributed by atoms with Gasteiger partial charge in [0.05, 0.1) is 11.6 Å². The molecule has 1 N–H and O–H groups in total. The number of hydrogen-bond acceptors (Lipinski definition) is 3. The number of rotatable bonds is 5. The molecule has 0 spiro atoms. The fraction of sp³-hybridized carbons (Fsp3) is 0.636. The number of methoxy groups -OCH3 is 1. The van der Waals surface area contributed by atoms with Crippen molar-refractivity contribution in [3.05, 3.63) is 15.4 Å². The summed E-state index contributed by atoms with van der Waals surface area (Å²) in [6.07, 6.45) is 4.24. The van der Waals surface area contributed by atoms with Gasteiger partial charge in [-0.15, -0.1) is 11.3 Å². The van der Waals surface area contributed by atoms with Gasteiger partial charge in [0.1, 0.15) is 0 Å². The molecule has 0 radical (unpaired) electrons. The van der Waals surface area contributed by atoms with Crippen LogP contribution in [0.25, 0.3) is 0 Å². The molecule has 0 aliphatic heterocycles. The van der Waals surface area contributed by atoms with Gasteiger partial charge in [-0.3, -0.25) is 0 Å². The second-order valence-corrected chi connectivity index (χ2v) is 5.93. The van der Waals surface area contributed by atoms with E-state index < -0.39 is 0 Å². The van der Waals surface area contributed by atoms with Crippen LogP contribution in [0.5, 0.6) is 5.06 Å². The molecule has 0 atom stereocenters. The Morgan fingerprint density at radius 2 is 2.40 bits per heavy atom. The molecule has 0 amide bonds. The first-order valence-electron chi connectivity index (χ1n) is 5.32.